The lowest BCUT2D eigenvalue weighted by Gasteiger charge is -2.22. The second-order valence-corrected chi connectivity index (χ2v) is 5.64. The summed E-state index contributed by atoms with van der Waals surface area (Å²) in [5.41, 5.74) is 1.04. The molecule has 1 fully saturated rings. The molecule has 5 heteroatoms. The van der Waals surface area contributed by atoms with E-state index in [0.717, 1.165) is 30.7 Å². The average molecular weight is 286 g/mol. The van der Waals surface area contributed by atoms with Crippen molar-refractivity contribution in [3.63, 3.8) is 0 Å². The van der Waals surface area contributed by atoms with E-state index in [9.17, 15) is 4.79 Å². The van der Waals surface area contributed by atoms with Gasteiger partial charge in [0, 0.05) is 11.0 Å². The summed E-state index contributed by atoms with van der Waals surface area (Å²) in [7, 11) is 0. The highest BCUT2D eigenvalue weighted by Crippen LogP contribution is 2.43. The predicted octanol–water partition coefficient (Wildman–Crippen LogP) is 3.66. The number of carbonyl (C=O) groups is 1. The summed E-state index contributed by atoms with van der Waals surface area (Å²) < 4.78 is 5.88. The van der Waals surface area contributed by atoms with E-state index >= 15 is 0 Å². The van der Waals surface area contributed by atoms with E-state index in [1.165, 1.54) is 12.8 Å². The summed E-state index contributed by atoms with van der Waals surface area (Å²) in [5.74, 6) is 0.241. The predicted molar refractivity (Wildman–Crippen MR) is 77.1 cm³/mol. The molecule has 1 aromatic heterocycles. The maximum absolute atomic E-state index is 10.9. The molecule has 0 amide bonds. The Morgan fingerprint density at radius 2 is 1.90 bits per heavy atom. The minimum absolute atomic E-state index is 0.0340. The van der Waals surface area contributed by atoms with E-state index in [0.29, 0.717) is 5.89 Å². The summed E-state index contributed by atoms with van der Waals surface area (Å²) in [4.78, 5) is 10.9. The third kappa shape index (κ3) is 2.44. The normalized spacial score (nSPS) is 17.0. The summed E-state index contributed by atoms with van der Waals surface area (Å²) in [6.45, 7) is 2.16. The van der Waals surface area contributed by atoms with Crippen LogP contribution in [0.5, 0.6) is 0 Å². The number of hydrogen-bond acceptors (Lipinski definition) is 4. The van der Waals surface area contributed by atoms with Crippen LogP contribution < -0.4 is 0 Å². The van der Waals surface area contributed by atoms with Crippen molar-refractivity contribution in [2.75, 3.05) is 0 Å². The first-order valence-electron chi connectivity index (χ1n) is 7.32. The number of aromatic carboxylic acids is 1. The molecule has 21 heavy (non-hydrogen) atoms. The van der Waals surface area contributed by atoms with E-state index in [2.05, 4.69) is 17.1 Å². The van der Waals surface area contributed by atoms with Gasteiger partial charge in [-0.1, -0.05) is 19.8 Å². The minimum atomic E-state index is -0.941. The fraction of sp³-hybridized carbons (Fsp3) is 0.438. The molecular formula is C16H18N2O3. The van der Waals surface area contributed by atoms with Gasteiger partial charge >= 0.3 is 5.97 Å². The number of rotatable bonds is 4. The molecular weight excluding hydrogens is 268 g/mol. The smallest absolute Gasteiger partial charge is 0.335 e. The van der Waals surface area contributed by atoms with Gasteiger partial charge in [0.15, 0.2) is 0 Å². The average Bonchev–Trinajstić information content (AvgIpc) is 3.17. The second kappa shape index (κ2) is 5.31. The van der Waals surface area contributed by atoms with E-state index in [1.54, 1.807) is 24.3 Å². The first-order chi connectivity index (χ1) is 10.1. The van der Waals surface area contributed by atoms with Crippen molar-refractivity contribution in [1.82, 2.24) is 10.2 Å². The maximum atomic E-state index is 10.9. The van der Waals surface area contributed by atoms with Crippen LogP contribution in [-0.2, 0) is 5.41 Å². The number of carboxylic acid groups (broad SMARTS) is 1. The minimum Gasteiger partial charge on any atom is -0.478 e. The fourth-order valence-electron chi connectivity index (χ4n) is 3.08. The van der Waals surface area contributed by atoms with E-state index in [4.69, 9.17) is 9.52 Å². The molecule has 1 N–H and O–H groups in total. The molecule has 0 bridgehead atoms. The van der Waals surface area contributed by atoms with Crippen molar-refractivity contribution in [2.24, 2.45) is 0 Å². The van der Waals surface area contributed by atoms with Gasteiger partial charge in [-0.2, -0.15) is 0 Å². The third-order valence-electron chi connectivity index (χ3n) is 4.49. The second-order valence-electron chi connectivity index (χ2n) is 5.64. The van der Waals surface area contributed by atoms with Crippen molar-refractivity contribution in [2.45, 2.75) is 44.4 Å². The third-order valence-corrected chi connectivity index (χ3v) is 4.49. The summed E-state index contributed by atoms with van der Waals surface area (Å²) >= 11 is 0. The molecule has 1 heterocycles. The van der Waals surface area contributed by atoms with Gasteiger partial charge in [-0.25, -0.2) is 4.79 Å². The van der Waals surface area contributed by atoms with Crippen LogP contribution in [0.25, 0.3) is 11.5 Å². The van der Waals surface area contributed by atoms with Crippen LogP contribution in [0.3, 0.4) is 0 Å². The van der Waals surface area contributed by atoms with Gasteiger partial charge in [0.1, 0.15) is 0 Å². The molecule has 1 aromatic carbocycles. The Kier molecular flexibility index (Phi) is 3.49. The van der Waals surface area contributed by atoms with E-state index < -0.39 is 5.97 Å². The van der Waals surface area contributed by atoms with Gasteiger partial charge in [-0.3, -0.25) is 0 Å². The lowest BCUT2D eigenvalue weighted by atomic mass is 9.83. The van der Waals surface area contributed by atoms with Crippen LogP contribution in [0.4, 0.5) is 0 Å². The van der Waals surface area contributed by atoms with Crippen LogP contribution in [0.15, 0.2) is 28.7 Å². The van der Waals surface area contributed by atoms with Crippen LogP contribution in [0.2, 0.25) is 0 Å². The Balaban J connectivity index is 1.89. The molecule has 3 rings (SSSR count). The summed E-state index contributed by atoms with van der Waals surface area (Å²) in [6, 6.07) is 6.50. The Morgan fingerprint density at radius 1 is 1.24 bits per heavy atom. The number of benzene rings is 1. The highest BCUT2D eigenvalue weighted by atomic mass is 16.4. The maximum Gasteiger partial charge on any atom is 0.335 e. The fourth-order valence-corrected chi connectivity index (χ4v) is 3.08. The Labute approximate surface area is 123 Å². The lowest BCUT2D eigenvalue weighted by molar-refractivity contribution is 0.0697. The molecule has 0 atom stereocenters. The standard InChI is InChI=1S/C16H18N2O3/c1-2-16(9-3-4-10-16)15-18-17-13(21-15)11-5-7-12(8-6-11)14(19)20/h5-8H,2-4,9-10H2,1H3,(H,19,20). The van der Waals surface area contributed by atoms with Gasteiger partial charge in [0.05, 0.1) is 5.56 Å². The van der Waals surface area contributed by atoms with Crippen molar-refractivity contribution in [3.8, 4) is 11.5 Å². The van der Waals surface area contributed by atoms with Crippen molar-refractivity contribution < 1.29 is 14.3 Å². The van der Waals surface area contributed by atoms with Gasteiger partial charge < -0.3 is 9.52 Å². The van der Waals surface area contributed by atoms with E-state index in [1.807, 2.05) is 0 Å². The quantitative estimate of drug-likeness (QED) is 0.928. The highest BCUT2D eigenvalue weighted by molar-refractivity contribution is 5.88. The molecule has 0 saturated heterocycles. The highest BCUT2D eigenvalue weighted by Gasteiger charge is 2.38. The Morgan fingerprint density at radius 3 is 2.48 bits per heavy atom. The van der Waals surface area contributed by atoms with Crippen molar-refractivity contribution in [3.05, 3.63) is 35.7 Å². The molecule has 1 aliphatic carbocycles. The first kappa shape index (κ1) is 13.8. The first-order valence-corrected chi connectivity index (χ1v) is 7.32. The van der Waals surface area contributed by atoms with Gasteiger partial charge in [0.2, 0.25) is 11.8 Å². The number of aromatic nitrogens is 2. The van der Waals surface area contributed by atoms with Crippen LogP contribution >= 0.6 is 0 Å². The number of nitrogens with zero attached hydrogens (tertiary/aromatic N) is 2. The Hall–Kier alpha value is -2.17. The zero-order valence-corrected chi connectivity index (χ0v) is 12.0. The van der Waals surface area contributed by atoms with Gasteiger partial charge in [0.25, 0.3) is 0 Å². The lowest BCUT2D eigenvalue weighted by Crippen LogP contribution is -2.21. The molecule has 0 unspecified atom stereocenters. The van der Waals surface area contributed by atoms with Crippen molar-refractivity contribution in [1.29, 1.82) is 0 Å². The topological polar surface area (TPSA) is 76.2 Å². The number of hydrogen-bond donors (Lipinski definition) is 1. The summed E-state index contributed by atoms with van der Waals surface area (Å²) in [6.07, 6.45) is 5.62. The van der Waals surface area contributed by atoms with Crippen LogP contribution in [0, 0.1) is 0 Å². The molecule has 0 aliphatic heterocycles. The molecule has 0 radical (unpaired) electrons. The van der Waals surface area contributed by atoms with Gasteiger partial charge in [-0.05, 0) is 43.5 Å². The molecule has 110 valence electrons. The SMILES string of the molecule is CCC1(c2nnc(-c3ccc(C(=O)O)cc3)o2)CCCC1. The molecule has 2 aromatic rings. The molecule has 1 aliphatic rings. The number of carboxylic acids is 1. The monoisotopic (exact) mass is 286 g/mol. The molecule has 0 spiro atoms. The largest absolute Gasteiger partial charge is 0.478 e. The van der Waals surface area contributed by atoms with Crippen LogP contribution in [-0.4, -0.2) is 21.3 Å². The molecule has 5 nitrogen and oxygen atoms in total. The van der Waals surface area contributed by atoms with Gasteiger partial charge in [-0.15, -0.1) is 10.2 Å². The van der Waals surface area contributed by atoms with E-state index in [-0.39, 0.29) is 11.0 Å². The zero-order chi connectivity index (χ0) is 14.9. The Bertz CT molecular complexity index is 640. The summed E-state index contributed by atoms with van der Waals surface area (Å²) in [5, 5.41) is 17.3. The van der Waals surface area contributed by atoms with Crippen LogP contribution in [0.1, 0.15) is 55.3 Å². The molecule has 1 saturated carbocycles. The zero-order valence-electron chi connectivity index (χ0n) is 12.0. The van der Waals surface area contributed by atoms with Crippen molar-refractivity contribution >= 4 is 5.97 Å².